The van der Waals surface area contributed by atoms with Gasteiger partial charge < -0.3 is 5.32 Å². The van der Waals surface area contributed by atoms with Crippen LogP contribution in [0.2, 0.25) is 0 Å². The standard InChI is InChI=1S/C12H18N2/c1-10-6-7-13-8-11(10)9-14-12-4-2-3-5-12/h6-8,12,14H,2-5,9H2,1H3. The summed E-state index contributed by atoms with van der Waals surface area (Å²) in [4.78, 5) is 4.15. The van der Waals surface area contributed by atoms with Crippen molar-refractivity contribution in [2.45, 2.75) is 45.2 Å². The first kappa shape index (κ1) is 9.66. The molecule has 76 valence electrons. The van der Waals surface area contributed by atoms with Gasteiger partial charge in [0.1, 0.15) is 0 Å². The number of aryl methyl sites for hydroxylation is 1. The Bertz CT molecular complexity index is 290. The second-order valence-corrected chi connectivity index (χ2v) is 4.16. The van der Waals surface area contributed by atoms with Gasteiger partial charge in [0.25, 0.3) is 0 Å². The number of pyridine rings is 1. The Kier molecular flexibility index (Phi) is 3.14. The molecule has 2 heteroatoms. The summed E-state index contributed by atoms with van der Waals surface area (Å²) in [5.74, 6) is 0. The van der Waals surface area contributed by atoms with Crippen LogP contribution < -0.4 is 5.32 Å². The van der Waals surface area contributed by atoms with E-state index in [0.29, 0.717) is 0 Å². The van der Waals surface area contributed by atoms with E-state index in [-0.39, 0.29) is 0 Å². The molecule has 2 nitrogen and oxygen atoms in total. The molecule has 0 saturated heterocycles. The first-order valence-corrected chi connectivity index (χ1v) is 5.49. The van der Waals surface area contributed by atoms with E-state index in [0.717, 1.165) is 12.6 Å². The van der Waals surface area contributed by atoms with E-state index in [1.165, 1.54) is 36.8 Å². The third-order valence-electron chi connectivity index (χ3n) is 3.08. The van der Waals surface area contributed by atoms with Gasteiger partial charge in [-0.15, -0.1) is 0 Å². The lowest BCUT2D eigenvalue weighted by molar-refractivity contribution is 0.523. The summed E-state index contributed by atoms with van der Waals surface area (Å²) in [6.45, 7) is 3.12. The van der Waals surface area contributed by atoms with E-state index in [2.05, 4.69) is 23.3 Å². The molecule has 1 N–H and O–H groups in total. The van der Waals surface area contributed by atoms with Gasteiger partial charge in [-0.2, -0.15) is 0 Å². The maximum absolute atomic E-state index is 4.15. The predicted molar refractivity (Wildman–Crippen MR) is 58.1 cm³/mol. The van der Waals surface area contributed by atoms with Crippen LogP contribution in [0.15, 0.2) is 18.5 Å². The molecule has 1 fully saturated rings. The summed E-state index contributed by atoms with van der Waals surface area (Å²) < 4.78 is 0. The summed E-state index contributed by atoms with van der Waals surface area (Å²) in [5.41, 5.74) is 2.67. The highest BCUT2D eigenvalue weighted by Gasteiger charge is 2.13. The predicted octanol–water partition coefficient (Wildman–Crippen LogP) is 2.42. The fourth-order valence-electron chi connectivity index (χ4n) is 2.07. The lowest BCUT2D eigenvalue weighted by atomic mass is 10.1. The van der Waals surface area contributed by atoms with Crippen molar-refractivity contribution in [2.24, 2.45) is 0 Å². The van der Waals surface area contributed by atoms with Crippen molar-refractivity contribution >= 4 is 0 Å². The zero-order valence-corrected chi connectivity index (χ0v) is 8.79. The third-order valence-corrected chi connectivity index (χ3v) is 3.08. The van der Waals surface area contributed by atoms with Crippen LogP contribution in [0, 0.1) is 6.92 Å². The Morgan fingerprint density at radius 3 is 2.93 bits per heavy atom. The van der Waals surface area contributed by atoms with Gasteiger partial charge in [0.2, 0.25) is 0 Å². The average molecular weight is 190 g/mol. The van der Waals surface area contributed by atoms with Gasteiger partial charge in [-0.3, -0.25) is 4.98 Å². The van der Waals surface area contributed by atoms with Crippen molar-refractivity contribution in [3.8, 4) is 0 Å². The molecule has 0 amide bonds. The largest absolute Gasteiger partial charge is 0.310 e. The number of hydrogen-bond donors (Lipinski definition) is 1. The lowest BCUT2D eigenvalue weighted by Gasteiger charge is -2.12. The SMILES string of the molecule is Cc1ccncc1CNC1CCCC1. The third kappa shape index (κ3) is 2.32. The number of hydrogen-bond acceptors (Lipinski definition) is 2. The Balaban J connectivity index is 1.88. The Hall–Kier alpha value is -0.890. The minimum Gasteiger partial charge on any atom is -0.310 e. The molecular formula is C12H18N2. The minimum atomic E-state index is 0.745. The van der Waals surface area contributed by atoms with Crippen molar-refractivity contribution in [2.75, 3.05) is 0 Å². The molecule has 1 heterocycles. The average Bonchev–Trinajstić information content (AvgIpc) is 2.69. The Morgan fingerprint density at radius 2 is 2.21 bits per heavy atom. The molecule has 1 aromatic heterocycles. The molecule has 1 aromatic rings. The highest BCUT2D eigenvalue weighted by Crippen LogP contribution is 2.18. The van der Waals surface area contributed by atoms with E-state index in [4.69, 9.17) is 0 Å². The molecule has 0 spiro atoms. The van der Waals surface area contributed by atoms with Gasteiger partial charge in [0.05, 0.1) is 0 Å². The molecule has 0 aliphatic heterocycles. The van der Waals surface area contributed by atoms with Gasteiger partial charge in [0, 0.05) is 25.0 Å². The monoisotopic (exact) mass is 190 g/mol. The summed E-state index contributed by atoms with van der Waals surface area (Å²) in [6, 6.07) is 2.82. The van der Waals surface area contributed by atoms with Crippen molar-refractivity contribution < 1.29 is 0 Å². The van der Waals surface area contributed by atoms with Crippen molar-refractivity contribution in [3.63, 3.8) is 0 Å². The molecule has 0 atom stereocenters. The van der Waals surface area contributed by atoms with E-state index in [1.807, 2.05) is 12.4 Å². The van der Waals surface area contributed by atoms with Crippen LogP contribution >= 0.6 is 0 Å². The van der Waals surface area contributed by atoms with Crippen LogP contribution in [0.1, 0.15) is 36.8 Å². The zero-order chi connectivity index (χ0) is 9.80. The zero-order valence-electron chi connectivity index (χ0n) is 8.79. The normalized spacial score (nSPS) is 17.5. The molecule has 1 saturated carbocycles. The minimum absolute atomic E-state index is 0.745. The number of nitrogens with one attached hydrogen (secondary N) is 1. The smallest absolute Gasteiger partial charge is 0.0315 e. The van der Waals surface area contributed by atoms with E-state index in [9.17, 15) is 0 Å². The second kappa shape index (κ2) is 4.56. The topological polar surface area (TPSA) is 24.9 Å². The molecule has 2 rings (SSSR count). The van der Waals surface area contributed by atoms with Gasteiger partial charge in [0.15, 0.2) is 0 Å². The van der Waals surface area contributed by atoms with Crippen LogP contribution in [-0.4, -0.2) is 11.0 Å². The Morgan fingerprint density at radius 1 is 1.43 bits per heavy atom. The first-order valence-electron chi connectivity index (χ1n) is 5.49. The first-order chi connectivity index (χ1) is 6.86. The molecule has 1 aliphatic rings. The van der Waals surface area contributed by atoms with E-state index in [1.54, 1.807) is 0 Å². The van der Waals surface area contributed by atoms with Gasteiger partial charge in [-0.25, -0.2) is 0 Å². The van der Waals surface area contributed by atoms with Crippen LogP contribution in [0.4, 0.5) is 0 Å². The molecule has 0 bridgehead atoms. The van der Waals surface area contributed by atoms with Crippen LogP contribution in [-0.2, 0) is 6.54 Å². The quantitative estimate of drug-likeness (QED) is 0.791. The fourth-order valence-corrected chi connectivity index (χ4v) is 2.07. The fraction of sp³-hybridized carbons (Fsp3) is 0.583. The highest BCUT2D eigenvalue weighted by molar-refractivity contribution is 5.21. The highest BCUT2D eigenvalue weighted by atomic mass is 14.9. The lowest BCUT2D eigenvalue weighted by Crippen LogP contribution is -2.25. The number of nitrogens with zero attached hydrogens (tertiary/aromatic N) is 1. The maximum Gasteiger partial charge on any atom is 0.0315 e. The van der Waals surface area contributed by atoms with Crippen molar-refractivity contribution in [1.29, 1.82) is 0 Å². The summed E-state index contributed by atoms with van der Waals surface area (Å²) in [7, 11) is 0. The van der Waals surface area contributed by atoms with Crippen LogP contribution in [0.3, 0.4) is 0 Å². The molecular weight excluding hydrogens is 172 g/mol. The molecule has 0 aromatic carbocycles. The number of rotatable bonds is 3. The summed E-state index contributed by atoms with van der Waals surface area (Å²) in [5, 5.41) is 3.60. The maximum atomic E-state index is 4.15. The second-order valence-electron chi connectivity index (χ2n) is 4.16. The summed E-state index contributed by atoms with van der Waals surface area (Å²) >= 11 is 0. The molecule has 14 heavy (non-hydrogen) atoms. The molecule has 1 aliphatic carbocycles. The van der Waals surface area contributed by atoms with Crippen molar-refractivity contribution in [1.82, 2.24) is 10.3 Å². The van der Waals surface area contributed by atoms with Crippen LogP contribution in [0.25, 0.3) is 0 Å². The summed E-state index contributed by atoms with van der Waals surface area (Å²) in [6.07, 6.45) is 9.30. The van der Waals surface area contributed by atoms with E-state index >= 15 is 0 Å². The van der Waals surface area contributed by atoms with Gasteiger partial charge in [-0.05, 0) is 37.0 Å². The molecule has 0 unspecified atom stereocenters. The Labute approximate surface area is 85.7 Å². The van der Waals surface area contributed by atoms with E-state index < -0.39 is 0 Å². The van der Waals surface area contributed by atoms with Gasteiger partial charge >= 0.3 is 0 Å². The number of aromatic nitrogens is 1. The molecule has 0 radical (unpaired) electrons. The van der Waals surface area contributed by atoms with Gasteiger partial charge in [-0.1, -0.05) is 12.8 Å². The van der Waals surface area contributed by atoms with Crippen molar-refractivity contribution in [3.05, 3.63) is 29.6 Å². The van der Waals surface area contributed by atoms with Crippen LogP contribution in [0.5, 0.6) is 0 Å².